The Morgan fingerprint density at radius 1 is 1.16 bits per heavy atom. The van der Waals surface area contributed by atoms with Gasteiger partial charge in [-0.2, -0.15) is 28.2 Å². The maximum Gasteiger partial charge on any atom is 0.417 e. The summed E-state index contributed by atoms with van der Waals surface area (Å²) in [5, 5.41) is 6.66. The van der Waals surface area contributed by atoms with E-state index in [1.807, 2.05) is 14.0 Å². The van der Waals surface area contributed by atoms with Gasteiger partial charge in [-0.25, -0.2) is 18.7 Å². The molecule has 1 aromatic carbocycles. The molecular weight excluding hydrogens is 649 g/mol. The molecule has 0 radical (unpaired) electrons. The number of aromatic nitrogens is 6. The first-order valence-corrected chi connectivity index (χ1v) is 15.9. The van der Waals surface area contributed by atoms with Gasteiger partial charge < -0.3 is 20.1 Å². The number of nitrogens with one attached hydrogen (secondary N) is 1. The van der Waals surface area contributed by atoms with Crippen LogP contribution in [-0.4, -0.2) is 73.9 Å². The van der Waals surface area contributed by atoms with E-state index in [0.29, 0.717) is 17.4 Å². The number of likely N-dealkylation sites (N-methyl/N-ethyl adjacent to an activating group) is 1. The van der Waals surface area contributed by atoms with Crippen molar-refractivity contribution in [2.45, 2.75) is 51.5 Å². The van der Waals surface area contributed by atoms with Crippen LogP contribution in [0.3, 0.4) is 0 Å². The van der Waals surface area contributed by atoms with E-state index in [0.717, 1.165) is 19.2 Å². The Morgan fingerprint density at radius 2 is 1.96 bits per heavy atom. The first-order chi connectivity index (χ1) is 23.3. The molecule has 0 spiro atoms. The van der Waals surface area contributed by atoms with Crippen LogP contribution in [0, 0.1) is 30.4 Å². The molecule has 0 amide bonds. The number of nitrogen functional groups attached to an aromatic ring is 1. The van der Waals surface area contributed by atoms with Crippen molar-refractivity contribution in [2.24, 2.45) is 11.8 Å². The molecule has 2 fully saturated rings. The molecule has 8 rings (SSSR count). The zero-order valence-corrected chi connectivity index (χ0v) is 26.9. The van der Waals surface area contributed by atoms with Gasteiger partial charge in [0.15, 0.2) is 5.82 Å². The lowest BCUT2D eigenvalue weighted by molar-refractivity contribution is -0.137. The van der Waals surface area contributed by atoms with E-state index >= 15 is 4.39 Å². The second-order valence-corrected chi connectivity index (χ2v) is 13.3. The van der Waals surface area contributed by atoms with Gasteiger partial charge in [0.2, 0.25) is 5.88 Å². The molecule has 256 valence electrons. The number of anilines is 2. The van der Waals surface area contributed by atoms with Crippen molar-refractivity contribution in [3.05, 3.63) is 52.9 Å². The third-order valence-corrected chi connectivity index (χ3v) is 10.1. The molecule has 2 aliphatic heterocycles. The summed E-state index contributed by atoms with van der Waals surface area (Å²) in [7, 11) is 2.01. The van der Waals surface area contributed by atoms with Gasteiger partial charge in [-0.1, -0.05) is 0 Å². The van der Waals surface area contributed by atoms with Crippen LogP contribution in [0.15, 0.2) is 24.5 Å². The number of halogens is 5. The molecule has 4 unspecified atom stereocenters. The average Bonchev–Trinajstić information content (AvgIpc) is 3.54. The lowest BCUT2D eigenvalue weighted by atomic mass is 9.94. The number of fused-ring (bicyclic) bond motifs is 2. The van der Waals surface area contributed by atoms with Gasteiger partial charge in [0.05, 0.1) is 35.6 Å². The Labute approximate surface area is 276 Å². The fourth-order valence-electron chi connectivity index (χ4n) is 7.66. The number of hydrogen-bond donors (Lipinski definition) is 2. The van der Waals surface area contributed by atoms with Gasteiger partial charge in [0.1, 0.15) is 47.3 Å². The first kappa shape index (κ1) is 31.4. The fourth-order valence-corrected chi connectivity index (χ4v) is 7.66. The van der Waals surface area contributed by atoms with Gasteiger partial charge in [-0.3, -0.25) is 10.00 Å². The highest BCUT2D eigenvalue weighted by molar-refractivity contribution is 6.02. The van der Waals surface area contributed by atoms with E-state index in [9.17, 15) is 17.6 Å². The zero-order chi connectivity index (χ0) is 34.5. The number of alkyl halides is 3. The summed E-state index contributed by atoms with van der Waals surface area (Å²) in [5.41, 5.74) is 4.16. The highest BCUT2D eigenvalue weighted by Gasteiger charge is 2.51. The molecule has 3 N–H and O–H groups in total. The first-order valence-electron chi connectivity index (χ1n) is 15.9. The third kappa shape index (κ3) is 5.06. The molecule has 6 heterocycles. The Kier molecular flexibility index (Phi) is 7.10. The highest BCUT2D eigenvalue weighted by Crippen LogP contribution is 2.50. The highest BCUT2D eigenvalue weighted by atomic mass is 19.4. The quantitative estimate of drug-likeness (QED) is 0.211. The van der Waals surface area contributed by atoms with Crippen molar-refractivity contribution in [2.75, 3.05) is 37.4 Å². The van der Waals surface area contributed by atoms with Crippen molar-refractivity contribution in [1.29, 1.82) is 0 Å². The number of aryl methyl sites for hydroxylation is 1. The topological polar surface area (TPSA) is 131 Å². The number of nitrogens with zero attached hydrogens (tertiary/aromatic N) is 7. The van der Waals surface area contributed by atoms with Crippen LogP contribution in [0.25, 0.3) is 33.1 Å². The van der Waals surface area contributed by atoms with Crippen molar-refractivity contribution in [3.8, 4) is 23.1 Å². The number of aromatic amines is 1. The third-order valence-electron chi connectivity index (χ3n) is 10.1. The number of ether oxygens (including phenoxy) is 2. The number of piperidine rings is 1. The van der Waals surface area contributed by atoms with Gasteiger partial charge in [0, 0.05) is 29.1 Å². The molecule has 0 bridgehead atoms. The number of likely N-dealkylation sites (tertiary alicyclic amines) is 1. The van der Waals surface area contributed by atoms with Gasteiger partial charge in [0.25, 0.3) is 0 Å². The zero-order valence-electron chi connectivity index (χ0n) is 26.9. The van der Waals surface area contributed by atoms with E-state index in [-0.39, 0.29) is 70.2 Å². The minimum absolute atomic E-state index is 0.0243. The molecule has 49 heavy (non-hydrogen) atoms. The van der Waals surface area contributed by atoms with E-state index in [2.05, 4.69) is 30.0 Å². The molecule has 11 nitrogen and oxygen atoms in total. The Hall–Kier alpha value is -4.86. The van der Waals surface area contributed by atoms with Crippen molar-refractivity contribution < 1.29 is 31.4 Å². The molecule has 1 saturated heterocycles. The van der Waals surface area contributed by atoms with Crippen molar-refractivity contribution in [1.82, 2.24) is 35.0 Å². The molecule has 1 aliphatic carbocycles. The number of pyridine rings is 2. The van der Waals surface area contributed by atoms with Gasteiger partial charge in [-0.15, -0.1) is 0 Å². The minimum Gasteiger partial charge on any atom is -0.475 e. The summed E-state index contributed by atoms with van der Waals surface area (Å²) in [6.45, 7) is 6.00. The number of hydrogen-bond acceptors (Lipinski definition) is 10. The van der Waals surface area contributed by atoms with E-state index < -0.39 is 46.7 Å². The lowest BCUT2D eigenvalue weighted by Crippen LogP contribution is -2.39. The maximum absolute atomic E-state index is 17.1. The van der Waals surface area contributed by atoms with Gasteiger partial charge in [-0.05, 0) is 63.8 Å². The largest absolute Gasteiger partial charge is 0.475 e. The number of rotatable bonds is 6. The van der Waals surface area contributed by atoms with Crippen LogP contribution in [0.5, 0.6) is 11.9 Å². The Bertz CT molecular complexity index is 2140. The van der Waals surface area contributed by atoms with Crippen LogP contribution < -0.4 is 20.1 Å². The van der Waals surface area contributed by atoms with Gasteiger partial charge >= 0.3 is 12.2 Å². The molecule has 3 aliphatic rings. The second-order valence-electron chi connectivity index (χ2n) is 13.3. The maximum atomic E-state index is 17.1. The van der Waals surface area contributed by atoms with E-state index in [1.54, 1.807) is 11.8 Å². The summed E-state index contributed by atoms with van der Waals surface area (Å²) in [6.07, 6.45) is -1.55. The second kappa shape index (κ2) is 11.1. The van der Waals surface area contributed by atoms with Crippen LogP contribution in [0.1, 0.15) is 43.0 Å². The molecule has 16 heteroatoms. The Morgan fingerprint density at radius 3 is 2.69 bits per heavy atom. The SMILES string of the molecule is Cc1cc2[nH]ncc2c(-c2nc3c4c(nc(OCC5C6CC6CN5C)nc4c2F)N(C(C)c2cc(F)cnc2N)[C@@H](C)CO3)c1C(F)(F)F. The predicted octanol–water partition coefficient (Wildman–Crippen LogP) is 5.83. The number of nitrogens with two attached hydrogens (primary N) is 1. The fraction of sp³-hybridized carbons (Fsp3) is 0.424. The molecule has 4 aromatic heterocycles. The summed E-state index contributed by atoms with van der Waals surface area (Å²) in [5.74, 6) is -0.588. The standard InChI is InChI=1S/C33H32F5N9O2/c1-13-5-21-20(9-41-45-21)23(25(13)33(36,37)38)27-26(35)28-24-30(44-32(43-28)49-12-22-19-6-16(19)10-46(22)4)47(14(2)11-48-31(24)42-27)15(3)18-7-17(34)8-40-29(18)39/h5,7-9,14-16,19,22H,6,10-12H2,1-4H3,(H2,39,40)(H,41,45)/t14-,15?,16?,19?,22?/m0/s1. The molecule has 1 saturated carbocycles. The smallest absolute Gasteiger partial charge is 0.417 e. The van der Waals surface area contributed by atoms with Crippen molar-refractivity contribution in [3.63, 3.8) is 0 Å². The van der Waals surface area contributed by atoms with Crippen LogP contribution in [0.2, 0.25) is 0 Å². The minimum atomic E-state index is -4.86. The summed E-state index contributed by atoms with van der Waals surface area (Å²) >= 11 is 0. The normalized spacial score (nSPS) is 22.7. The number of H-pyrrole nitrogens is 1. The monoisotopic (exact) mass is 681 g/mol. The Balaban J connectivity index is 1.37. The summed E-state index contributed by atoms with van der Waals surface area (Å²) < 4.78 is 87.8. The molecule has 5 aromatic rings. The van der Waals surface area contributed by atoms with E-state index in [4.69, 9.17) is 20.2 Å². The number of benzene rings is 1. The average molecular weight is 682 g/mol. The predicted molar refractivity (Wildman–Crippen MR) is 170 cm³/mol. The molecular formula is C33H32F5N9O2. The van der Waals surface area contributed by atoms with E-state index in [1.165, 1.54) is 25.3 Å². The van der Waals surface area contributed by atoms with Crippen molar-refractivity contribution >= 4 is 33.4 Å². The van der Waals surface area contributed by atoms with Crippen LogP contribution >= 0.6 is 0 Å². The van der Waals surface area contributed by atoms with Crippen LogP contribution in [0.4, 0.5) is 33.6 Å². The summed E-state index contributed by atoms with van der Waals surface area (Å²) in [6, 6.07) is 1.33. The molecule has 5 atom stereocenters. The lowest BCUT2D eigenvalue weighted by Gasteiger charge is -2.35. The van der Waals surface area contributed by atoms with Crippen LogP contribution in [-0.2, 0) is 6.18 Å². The summed E-state index contributed by atoms with van der Waals surface area (Å²) in [4.78, 5) is 21.6.